The van der Waals surface area contributed by atoms with E-state index in [1.165, 1.54) is 0 Å². The maximum Gasteiger partial charge on any atom is 0.271 e. The summed E-state index contributed by atoms with van der Waals surface area (Å²) in [4.78, 5) is 12.4. The molecule has 3 aromatic rings. The van der Waals surface area contributed by atoms with Crippen LogP contribution in [0.25, 0.3) is 6.08 Å². The third-order valence-corrected chi connectivity index (χ3v) is 4.53. The molecule has 0 saturated heterocycles. The molecule has 1 aliphatic rings. The van der Waals surface area contributed by atoms with Crippen LogP contribution in [0, 0.1) is 0 Å². The number of carbonyl (C=O) groups is 1. The van der Waals surface area contributed by atoms with Crippen LogP contribution < -0.4 is 19.6 Å². The van der Waals surface area contributed by atoms with E-state index in [1.807, 2.05) is 72.8 Å². The van der Waals surface area contributed by atoms with E-state index in [9.17, 15) is 4.79 Å². The minimum absolute atomic E-state index is 0.229. The third-order valence-electron chi connectivity index (χ3n) is 4.53. The average molecular weight is 400 g/mol. The lowest BCUT2D eigenvalue weighted by Gasteiger charge is -2.06. The molecule has 0 saturated carbocycles. The quantitative estimate of drug-likeness (QED) is 0.496. The van der Waals surface area contributed by atoms with E-state index in [0.717, 1.165) is 22.6 Å². The number of rotatable bonds is 6. The zero-order valence-corrected chi connectivity index (χ0v) is 16.4. The highest BCUT2D eigenvalue weighted by atomic mass is 16.7. The maximum absolute atomic E-state index is 12.4. The van der Waals surface area contributed by atoms with Gasteiger partial charge in [0.2, 0.25) is 6.79 Å². The Balaban J connectivity index is 1.60. The van der Waals surface area contributed by atoms with Crippen molar-refractivity contribution in [3.05, 3.63) is 95.6 Å². The number of amides is 1. The fourth-order valence-corrected chi connectivity index (χ4v) is 2.92. The van der Waals surface area contributed by atoms with E-state index in [-0.39, 0.29) is 12.7 Å². The second-order valence-electron chi connectivity index (χ2n) is 6.48. The second-order valence-corrected chi connectivity index (χ2v) is 6.48. The molecule has 1 N–H and O–H groups in total. The van der Waals surface area contributed by atoms with Gasteiger partial charge in [-0.1, -0.05) is 30.3 Å². The summed E-state index contributed by atoms with van der Waals surface area (Å²) in [6.45, 7) is 0.229. The van der Waals surface area contributed by atoms with Gasteiger partial charge in [-0.15, -0.1) is 0 Å². The number of nitrogens with one attached hydrogen (secondary N) is 1. The van der Waals surface area contributed by atoms with Crippen molar-refractivity contribution < 1.29 is 19.0 Å². The Morgan fingerprint density at radius 3 is 2.50 bits per heavy atom. The van der Waals surface area contributed by atoms with Crippen LogP contribution in [0.15, 0.2) is 84.0 Å². The molecule has 150 valence electrons. The van der Waals surface area contributed by atoms with Crippen LogP contribution >= 0.6 is 0 Å². The standard InChI is InChI=1S/C24H20N2O4/c1-28-20-11-9-18(10-12-20)21(25-26-24(27)19-5-3-2-4-6-19)13-7-17-8-14-22-23(15-17)30-16-29-22/h2-15H,16H2,1H3,(H,26,27)/b13-7+,25-21-. The molecule has 4 rings (SSSR count). The summed E-state index contributed by atoms with van der Waals surface area (Å²) in [5.41, 5.74) is 5.52. The Labute approximate surface area is 174 Å². The second kappa shape index (κ2) is 8.96. The van der Waals surface area contributed by atoms with Crippen LogP contribution in [0.2, 0.25) is 0 Å². The van der Waals surface area contributed by atoms with Crippen molar-refractivity contribution in [2.75, 3.05) is 13.9 Å². The smallest absolute Gasteiger partial charge is 0.271 e. The summed E-state index contributed by atoms with van der Waals surface area (Å²) in [5.74, 6) is 1.90. The largest absolute Gasteiger partial charge is 0.497 e. The fourth-order valence-electron chi connectivity index (χ4n) is 2.92. The van der Waals surface area contributed by atoms with Gasteiger partial charge in [0, 0.05) is 11.1 Å². The van der Waals surface area contributed by atoms with E-state index in [4.69, 9.17) is 14.2 Å². The molecule has 1 amide bonds. The van der Waals surface area contributed by atoms with Crippen molar-refractivity contribution >= 4 is 17.7 Å². The van der Waals surface area contributed by atoms with E-state index in [2.05, 4.69) is 10.5 Å². The van der Waals surface area contributed by atoms with Gasteiger partial charge in [0.15, 0.2) is 11.5 Å². The molecule has 6 nitrogen and oxygen atoms in total. The van der Waals surface area contributed by atoms with Crippen molar-refractivity contribution in [3.8, 4) is 17.2 Å². The van der Waals surface area contributed by atoms with Crippen molar-refractivity contribution in [2.45, 2.75) is 0 Å². The highest BCUT2D eigenvalue weighted by Crippen LogP contribution is 2.32. The average Bonchev–Trinajstić information content (AvgIpc) is 3.27. The molecular weight excluding hydrogens is 380 g/mol. The van der Waals surface area contributed by atoms with E-state index >= 15 is 0 Å². The van der Waals surface area contributed by atoms with Crippen LogP contribution in [-0.2, 0) is 0 Å². The van der Waals surface area contributed by atoms with Crippen LogP contribution in [0.3, 0.4) is 0 Å². The van der Waals surface area contributed by atoms with Gasteiger partial charge < -0.3 is 14.2 Å². The lowest BCUT2D eigenvalue weighted by molar-refractivity contribution is 0.0955. The summed E-state index contributed by atoms with van der Waals surface area (Å²) >= 11 is 0. The first-order valence-electron chi connectivity index (χ1n) is 9.38. The van der Waals surface area contributed by atoms with E-state index < -0.39 is 0 Å². The zero-order chi connectivity index (χ0) is 20.8. The molecule has 1 aliphatic heterocycles. The zero-order valence-electron chi connectivity index (χ0n) is 16.4. The SMILES string of the molecule is COc1ccc(C(/C=C/c2ccc3c(c2)OCO3)=N\NC(=O)c2ccccc2)cc1. The Hall–Kier alpha value is -4.06. The minimum Gasteiger partial charge on any atom is -0.497 e. The highest BCUT2D eigenvalue weighted by molar-refractivity contribution is 6.11. The number of allylic oxidation sites excluding steroid dienone is 1. The topological polar surface area (TPSA) is 69.2 Å². The molecule has 3 aromatic carbocycles. The van der Waals surface area contributed by atoms with E-state index in [1.54, 1.807) is 19.2 Å². The summed E-state index contributed by atoms with van der Waals surface area (Å²) < 4.78 is 16.0. The lowest BCUT2D eigenvalue weighted by atomic mass is 10.1. The number of hydrogen-bond acceptors (Lipinski definition) is 5. The Morgan fingerprint density at radius 2 is 1.73 bits per heavy atom. The van der Waals surface area contributed by atoms with Crippen molar-refractivity contribution in [2.24, 2.45) is 5.10 Å². The number of hydrogen-bond donors (Lipinski definition) is 1. The van der Waals surface area contributed by atoms with Gasteiger partial charge in [-0.25, -0.2) is 5.43 Å². The maximum atomic E-state index is 12.4. The van der Waals surface area contributed by atoms with Crippen LogP contribution in [0.4, 0.5) is 0 Å². The number of carbonyl (C=O) groups excluding carboxylic acids is 1. The molecule has 0 aromatic heterocycles. The number of benzene rings is 3. The minimum atomic E-state index is -0.280. The first-order chi connectivity index (χ1) is 14.7. The summed E-state index contributed by atoms with van der Waals surface area (Å²) in [5, 5.41) is 4.35. The number of fused-ring (bicyclic) bond motifs is 1. The first-order valence-corrected chi connectivity index (χ1v) is 9.38. The highest BCUT2D eigenvalue weighted by Gasteiger charge is 2.12. The molecular formula is C24H20N2O4. The molecule has 30 heavy (non-hydrogen) atoms. The number of ether oxygens (including phenoxy) is 3. The number of methoxy groups -OCH3 is 1. The number of hydrazone groups is 1. The fraction of sp³-hybridized carbons (Fsp3) is 0.0833. The van der Waals surface area contributed by atoms with Gasteiger partial charge >= 0.3 is 0 Å². The Bertz CT molecular complexity index is 1090. The van der Waals surface area contributed by atoms with Crippen LogP contribution in [0.5, 0.6) is 17.2 Å². The van der Waals surface area contributed by atoms with E-state index in [0.29, 0.717) is 17.0 Å². The van der Waals surface area contributed by atoms with Crippen molar-refractivity contribution in [3.63, 3.8) is 0 Å². The number of nitrogens with zero attached hydrogens (tertiary/aromatic N) is 1. The Morgan fingerprint density at radius 1 is 0.967 bits per heavy atom. The predicted molar refractivity (Wildman–Crippen MR) is 115 cm³/mol. The predicted octanol–water partition coefficient (Wildman–Crippen LogP) is 4.27. The Kier molecular flexibility index (Phi) is 5.75. The van der Waals surface area contributed by atoms with Crippen molar-refractivity contribution in [1.82, 2.24) is 5.43 Å². The third kappa shape index (κ3) is 4.50. The molecule has 0 spiro atoms. The monoisotopic (exact) mass is 400 g/mol. The molecule has 1 heterocycles. The molecule has 0 bridgehead atoms. The van der Waals surface area contributed by atoms with Crippen molar-refractivity contribution in [1.29, 1.82) is 0 Å². The summed E-state index contributed by atoms with van der Waals surface area (Å²) in [6.07, 6.45) is 3.74. The van der Waals surface area contributed by atoms with Gasteiger partial charge in [-0.2, -0.15) is 5.10 Å². The normalized spacial score (nSPS) is 12.8. The lowest BCUT2D eigenvalue weighted by Crippen LogP contribution is -2.19. The van der Waals surface area contributed by atoms with Crippen LogP contribution in [-0.4, -0.2) is 25.5 Å². The van der Waals surface area contributed by atoms with Gasteiger partial charge in [0.25, 0.3) is 5.91 Å². The van der Waals surface area contributed by atoms with Gasteiger partial charge in [-0.3, -0.25) is 4.79 Å². The summed E-state index contributed by atoms with van der Waals surface area (Å²) in [6, 6.07) is 22.1. The van der Waals surface area contributed by atoms with Gasteiger partial charge in [-0.05, 0) is 60.2 Å². The van der Waals surface area contributed by atoms with Gasteiger partial charge in [0.05, 0.1) is 12.8 Å². The molecule has 0 fully saturated rings. The molecule has 0 atom stereocenters. The molecule has 6 heteroatoms. The first kappa shape index (κ1) is 19.3. The van der Waals surface area contributed by atoms with Gasteiger partial charge in [0.1, 0.15) is 5.75 Å². The molecule has 0 aliphatic carbocycles. The van der Waals surface area contributed by atoms with Crippen LogP contribution in [0.1, 0.15) is 21.5 Å². The molecule has 0 radical (unpaired) electrons. The summed E-state index contributed by atoms with van der Waals surface area (Å²) in [7, 11) is 1.61. The molecule has 0 unspecified atom stereocenters.